The van der Waals surface area contributed by atoms with Crippen molar-refractivity contribution in [3.63, 3.8) is 0 Å². The Kier molecular flexibility index (Phi) is 8.29. The Bertz CT molecular complexity index is 1350. The molecule has 4 aromatic carbocycles. The minimum Gasteiger partial charge on any atom is -0.477 e. The molecule has 0 aliphatic carbocycles. The number of para-hydroxylation sites is 2. The Labute approximate surface area is 216 Å². The summed E-state index contributed by atoms with van der Waals surface area (Å²) >= 11 is 0. The van der Waals surface area contributed by atoms with Crippen LogP contribution in [0.5, 0.6) is 0 Å². The van der Waals surface area contributed by atoms with E-state index in [1.54, 1.807) is 19.1 Å². The molecular weight excluding hydrogens is 462 g/mol. The van der Waals surface area contributed by atoms with Crippen molar-refractivity contribution in [3.05, 3.63) is 131 Å². The number of aliphatic carboxylic acids is 1. The largest absolute Gasteiger partial charge is 0.477 e. The second-order valence-corrected chi connectivity index (χ2v) is 8.18. The number of nitrogens with zero attached hydrogens (tertiary/aromatic N) is 1. The van der Waals surface area contributed by atoms with Crippen molar-refractivity contribution in [2.24, 2.45) is 0 Å². The predicted molar refractivity (Wildman–Crippen MR) is 149 cm³/mol. The highest BCUT2D eigenvalue weighted by molar-refractivity contribution is 6.17. The van der Waals surface area contributed by atoms with E-state index in [1.807, 2.05) is 60.7 Å². The molecule has 0 atom stereocenters. The van der Waals surface area contributed by atoms with Crippen LogP contribution in [0.4, 0.5) is 17.1 Å². The van der Waals surface area contributed by atoms with Gasteiger partial charge >= 0.3 is 11.9 Å². The van der Waals surface area contributed by atoms with Crippen molar-refractivity contribution >= 4 is 47.2 Å². The Morgan fingerprint density at radius 3 is 1.57 bits per heavy atom. The third kappa shape index (κ3) is 6.61. The van der Waals surface area contributed by atoms with Crippen molar-refractivity contribution in [2.45, 2.75) is 6.92 Å². The summed E-state index contributed by atoms with van der Waals surface area (Å²) in [5.41, 5.74) is 5.43. The maximum absolute atomic E-state index is 11.9. The maximum Gasteiger partial charge on any atom is 0.345 e. The Hall–Kier alpha value is -4.90. The van der Waals surface area contributed by atoms with Crippen LogP contribution < -0.4 is 4.90 Å². The molecule has 0 aliphatic heterocycles. The van der Waals surface area contributed by atoms with Crippen LogP contribution in [0.15, 0.2) is 115 Å². The van der Waals surface area contributed by atoms with E-state index in [4.69, 9.17) is 4.74 Å². The minimum absolute atomic E-state index is 0.116. The summed E-state index contributed by atoms with van der Waals surface area (Å²) in [6.07, 6.45) is 5.32. The fourth-order valence-electron chi connectivity index (χ4n) is 3.82. The molecule has 0 spiro atoms. The number of carboxylic acids is 1. The van der Waals surface area contributed by atoms with Gasteiger partial charge in [-0.2, -0.15) is 0 Å². The first-order valence-corrected chi connectivity index (χ1v) is 12.0. The summed E-state index contributed by atoms with van der Waals surface area (Å²) in [7, 11) is 0. The summed E-state index contributed by atoms with van der Waals surface area (Å²) in [5, 5.41) is 9.30. The number of benzene rings is 4. The zero-order chi connectivity index (χ0) is 26.0. The fraction of sp³-hybridized carbons (Fsp3) is 0.0625. The van der Waals surface area contributed by atoms with Crippen molar-refractivity contribution in [2.75, 3.05) is 11.5 Å². The number of carbonyl (C=O) groups excluding carboxylic acids is 1. The number of carbonyl (C=O) groups is 2. The lowest BCUT2D eigenvalue weighted by atomic mass is 10.1. The quantitative estimate of drug-likeness (QED) is 0.0875. The second kappa shape index (κ2) is 12.2. The maximum atomic E-state index is 11.9. The summed E-state index contributed by atoms with van der Waals surface area (Å²) in [6.45, 7) is 1.75. The minimum atomic E-state index is -1.32. The van der Waals surface area contributed by atoms with E-state index < -0.39 is 17.5 Å². The second-order valence-electron chi connectivity index (χ2n) is 8.18. The molecule has 0 amide bonds. The van der Waals surface area contributed by atoms with Gasteiger partial charge in [-0.25, -0.2) is 9.59 Å². The molecule has 1 N–H and O–H groups in total. The number of ether oxygens (including phenoxy) is 1. The van der Waals surface area contributed by atoms with Gasteiger partial charge in [0.1, 0.15) is 5.57 Å². The highest BCUT2D eigenvalue weighted by Crippen LogP contribution is 2.34. The summed E-state index contributed by atoms with van der Waals surface area (Å²) in [6, 6.07) is 36.1. The zero-order valence-electron chi connectivity index (χ0n) is 20.5. The van der Waals surface area contributed by atoms with E-state index in [1.165, 1.54) is 6.08 Å². The molecule has 0 heterocycles. The zero-order valence-corrected chi connectivity index (χ0v) is 20.5. The van der Waals surface area contributed by atoms with Gasteiger partial charge in [0.15, 0.2) is 0 Å². The molecule has 0 fully saturated rings. The molecule has 5 heteroatoms. The van der Waals surface area contributed by atoms with Gasteiger partial charge in [0.05, 0.1) is 6.61 Å². The standard InChI is InChI=1S/C32H27NO4/c1-2-37-32(36)30(31(34)35)23-26-17-15-24(16-18-26)13-14-25-19-21-29(22-20-25)33(27-9-5-3-6-10-27)28-11-7-4-8-12-28/h3-23H,2H2,1H3,(H,34,35)/b14-13+,30-23-. The molecule has 0 aromatic heterocycles. The molecule has 5 nitrogen and oxygen atoms in total. The van der Waals surface area contributed by atoms with E-state index >= 15 is 0 Å². The number of rotatable bonds is 9. The van der Waals surface area contributed by atoms with Crippen LogP contribution in [0.25, 0.3) is 18.2 Å². The van der Waals surface area contributed by atoms with Crippen LogP contribution in [-0.2, 0) is 14.3 Å². The molecule has 0 unspecified atom stereocenters. The summed E-state index contributed by atoms with van der Waals surface area (Å²) < 4.78 is 4.82. The third-order valence-electron chi connectivity index (χ3n) is 5.62. The fourth-order valence-corrected chi connectivity index (χ4v) is 3.82. The highest BCUT2D eigenvalue weighted by atomic mass is 16.5. The average molecular weight is 490 g/mol. The molecular formula is C32H27NO4. The monoisotopic (exact) mass is 489 g/mol. The summed E-state index contributed by atoms with van der Waals surface area (Å²) in [4.78, 5) is 25.5. The van der Waals surface area contributed by atoms with Crippen LogP contribution in [0.2, 0.25) is 0 Å². The number of anilines is 3. The molecule has 0 bridgehead atoms. The molecule has 37 heavy (non-hydrogen) atoms. The number of hydrogen-bond acceptors (Lipinski definition) is 4. The predicted octanol–water partition coefficient (Wildman–Crippen LogP) is 7.36. The van der Waals surface area contributed by atoms with Gasteiger partial charge in [0.25, 0.3) is 0 Å². The third-order valence-corrected chi connectivity index (χ3v) is 5.62. The van der Waals surface area contributed by atoms with E-state index in [-0.39, 0.29) is 6.61 Å². The topological polar surface area (TPSA) is 66.8 Å². The molecule has 0 saturated heterocycles. The molecule has 184 valence electrons. The normalized spacial score (nSPS) is 11.3. The van der Waals surface area contributed by atoms with E-state index in [0.717, 1.165) is 28.2 Å². The van der Waals surface area contributed by atoms with Crippen LogP contribution in [0, 0.1) is 0 Å². The average Bonchev–Trinajstić information content (AvgIpc) is 2.93. The summed E-state index contributed by atoms with van der Waals surface area (Å²) in [5.74, 6) is -2.16. The van der Waals surface area contributed by atoms with Gasteiger partial charge in [-0.1, -0.05) is 84.9 Å². The molecule has 4 rings (SSSR count). The van der Waals surface area contributed by atoms with Gasteiger partial charge < -0.3 is 14.7 Å². The van der Waals surface area contributed by atoms with Gasteiger partial charge in [-0.15, -0.1) is 0 Å². The van der Waals surface area contributed by atoms with Crippen molar-refractivity contribution in [1.82, 2.24) is 0 Å². The van der Waals surface area contributed by atoms with Gasteiger partial charge in [-0.05, 0) is 66.1 Å². The smallest absolute Gasteiger partial charge is 0.345 e. The lowest BCUT2D eigenvalue weighted by molar-refractivity contribution is -0.143. The molecule has 0 aliphatic rings. The molecule has 0 radical (unpaired) electrons. The highest BCUT2D eigenvalue weighted by Gasteiger charge is 2.18. The first-order chi connectivity index (χ1) is 18.0. The molecule has 0 saturated carbocycles. The van der Waals surface area contributed by atoms with Crippen molar-refractivity contribution in [3.8, 4) is 0 Å². The van der Waals surface area contributed by atoms with Crippen LogP contribution in [-0.4, -0.2) is 23.7 Å². The van der Waals surface area contributed by atoms with E-state index in [0.29, 0.717) is 5.56 Å². The first kappa shape index (κ1) is 25.2. The van der Waals surface area contributed by atoms with Crippen LogP contribution in [0.1, 0.15) is 23.6 Å². The van der Waals surface area contributed by atoms with Gasteiger partial charge in [0, 0.05) is 17.1 Å². The number of carboxylic acid groups (broad SMARTS) is 1. The van der Waals surface area contributed by atoms with Crippen molar-refractivity contribution in [1.29, 1.82) is 0 Å². The Balaban J connectivity index is 1.51. The van der Waals surface area contributed by atoms with Gasteiger partial charge in [-0.3, -0.25) is 0 Å². The van der Waals surface area contributed by atoms with Crippen LogP contribution in [0.3, 0.4) is 0 Å². The Morgan fingerprint density at radius 1 is 0.676 bits per heavy atom. The van der Waals surface area contributed by atoms with E-state index in [9.17, 15) is 14.7 Å². The van der Waals surface area contributed by atoms with Gasteiger partial charge in [0.2, 0.25) is 0 Å². The number of esters is 1. The van der Waals surface area contributed by atoms with E-state index in [2.05, 4.69) is 53.4 Å². The first-order valence-electron chi connectivity index (χ1n) is 12.0. The molecule has 4 aromatic rings. The van der Waals surface area contributed by atoms with Crippen molar-refractivity contribution < 1.29 is 19.4 Å². The lowest BCUT2D eigenvalue weighted by Crippen LogP contribution is -2.15. The van der Waals surface area contributed by atoms with Crippen LogP contribution >= 0.6 is 0 Å². The SMILES string of the molecule is CCOC(=O)/C(=C\c1ccc(/C=C/c2ccc(N(c3ccccc3)c3ccccc3)cc2)cc1)C(=O)O. The number of hydrogen-bond donors (Lipinski definition) is 1. The lowest BCUT2D eigenvalue weighted by Gasteiger charge is -2.25. The Morgan fingerprint density at radius 2 is 1.11 bits per heavy atom.